The van der Waals surface area contributed by atoms with Crippen molar-refractivity contribution in [1.82, 2.24) is 0 Å². The molecule has 20 heavy (non-hydrogen) atoms. The molecule has 0 fully saturated rings. The molecule has 6 heteroatoms. The Kier molecular flexibility index (Phi) is 3.95. The number of fused-ring (bicyclic) bond motifs is 1. The lowest BCUT2D eigenvalue weighted by molar-refractivity contribution is -0.114. The predicted octanol–water partition coefficient (Wildman–Crippen LogP) is 1.20. The number of anilines is 1. The maximum absolute atomic E-state index is 11.6. The lowest BCUT2D eigenvalue weighted by Gasteiger charge is -2.19. The van der Waals surface area contributed by atoms with E-state index >= 15 is 0 Å². The third-order valence-corrected chi connectivity index (χ3v) is 2.98. The third-order valence-electron chi connectivity index (χ3n) is 2.79. The molecule has 1 aliphatic heterocycles. The molecule has 1 aromatic carbocycles. The number of hydrogen-bond acceptors (Lipinski definition) is 4. The van der Waals surface area contributed by atoms with Gasteiger partial charge in [0.25, 0.3) is 5.91 Å². The van der Waals surface area contributed by atoms with Gasteiger partial charge in [0.2, 0.25) is 0 Å². The number of para-hydroxylation sites is 1. The van der Waals surface area contributed by atoms with E-state index in [9.17, 15) is 4.79 Å². The van der Waals surface area contributed by atoms with Crippen molar-refractivity contribution in [2.24, 2.45) is 16.6 Å². The van der Waals surface area contributed by atoms with Crippen LogP contribution in [-0.4, -0.2) is 23.2 Å². The number of hydrogen-bond donors (Lipinski definition) is 2. The van der Waals surface area contributed by atoms with Gasteiger partial charge in [0, 0.05) is 5.56 Å². The molecule has 0 atom stereocenters. The summed E-state index contributed by atoms with van der Waals surface area (Å²) in [4.78, 5) is 11.6. The summed E-state index contributed by atoms with van der Waals surface area (Å²) in [5.74, 6) is -0.619. The van der Waals surface area contributed by atoms with Gasteiger partial charge in [0.15, 0.2) is 0 Å². The molecule has 0 aromatic heterocycles. The van der Waals surface area contributed by atoms with E-state index in [1.165, 1.54) is 0 Å². The Bertz CT molecular complexity index is 648. The number of carbonyl (C=O) groups is 1. The van der Waals surface area contributed by atoms with Crippen LogP contribution in [0.3, 0.4) is 0 Å². The van der Waals surface area contributed by atoms with Gasteiger partial charge in [-0.05, 0) is 12.1 Å². The van der Waals surface area contributed by atoms with Crippen LogP contribution >= 0.6 is 12.2 Å². The number of hydrazone groups is 1. The van der Waals surface area contributed by atoms with E-state index in [2.05, 4.69) is 11.7 Å². The zero-order chi connectivity index (χ0) is 14.7. The number of amides is 1. The molecule has 0 unspecified atom stereocenters. The first-order valence-corrected chi connectivity index (χ1v) is 6.33. The molecular weight excluding hydrogens is 272 g/mol. The molecule has 1 amide bonds. The summed E-state index contributed by atoms with van der Waals surface area (Å²) in [6.45, 7) is 4.16. The number of nitrogens with two attached hydrogens (primary N) is 2. The van der Waals surface area contributed by atoms with Crippen LogP contribution < -0.4 is 16.5 Å². The van der Waals surface area contributed by atoms with Crippen molar-refractivity contribution in [3.8, 4) is 0 Å². The second kappa shape index (κ2) is 5.66. The molecule has 102 valence electrons. The highest BCUT2D eigenvalue weighted by atomic mass is 32.1. The van der Waals surface area contributed by atoms with E-state index in [0.717, 1.165) is 11.3 Å². The molecule has 0 saturated carbocycles. The van der Waals surface area contributed by atoms with Gasteiger partial charge in [-0.2, -0.15) is 5.10 Å². The maximum Gasteiger partial charge on any atom is 0.251 e. The zero-order valence-corrected chi connectivity index (χ0v) is 11.6. The summed E-state index contributed by atoms with van der Waals surface area (Å²) in [6, 6.07) is 7.51. The molecule has 0 aliphatic carbocycles. The summed E-state index contributed by atoms with van der Waals surface area (Å²) < 4.78 is 0. The quantitative estimate of drug-likeness (QED) is 0.643. The number of thiocarbonyl (C=S) groups is 1. The molecule has 4 N–H and O–H groups in total. The highest BCUT2D eigenvalue weighted by Crippen LogP contribution is 2.26. The first-order chi connectivity index (χ1) is 9.54. The average molecular weight is 286 g/mol. The summed E-state index contributed by atoms with van der Waals surface area (Å²) in [5.41, 5.74) is 13.1. The van der Waals surface area contributed by atoms with Gasteiger partial charge in [-0.1, -0.05) is 36.5 Å². The highest BCUT2D eigenvalue weighted by molar-refractivity contribution is 7.82. The molecule has 0 bridgehead atoms. The molecule has 5 nitrogen and oxygen atoms in total. The van der Waals surface area contributed by atoms with Crippen molar-refractivity contribution < 1.29 is 4.79 Å². The first kappa shape index (κ1) is 14.0. The van der Waals surface area contributed by atoms with Crippen LogP contribution in [0.1, 0.15) is 5.56 Å². The van der Waals surface area contributed by atoms with Gasteiger partial charge >= 0.3 is 0 Å². The molecule has 1 aliphatic rings. The second-order valence-corrected chi connectivity index (χ2v) is 4.60. The molecule has 2 rings (SSSR count). The second-order valence-electron chi connectivity index (χ2n) is 4.16. The molecule has 0 radical (unpaired) electrons. The monoisotopic (exact) mass is 286 g/mol. The average Bonchev–Trinajstić information content (AvgIpc) is 2.57. The van der Waals surface area contributed by atoms with Crippen molar-refractivity contribution >= 4 is 40.6 Å². The molecule has 1 aromatic rings. The maximum atomic E-state index is 11.6. The Hall–Kier alpha value is -2.47. The molecular formula is C14H14N4OS. The molecule has 1 heterocycles. The van der Waals surface area contributed by atoms with Crippen LogP contribution in [0.25, 0.3) is 6.08 Å². The van der Waals surface area contributed by atoms with Crippen LogP contribution in [0.15, 0.2) is 47.6 Å². The standard InChI is InChI=1S/C14H14N4OS/c1-2-7-18-11-6-4-3-5-9(11)8-10(13(15)19)12(17-18)14(16)20/h2-6,8H,1,7H2,(H2,15,19)(H2,16,20). The summed E-state index contributed by atoms with van der Waals surface area (Å²) in [6.07, 6.45) is 3.35. The highest BCUT2D eigenvalue weighted by Gasteiger charge is 2.22. The van der Waals surface area contributed by atoms with E-state index in [1.54, 1.807) is 17.2 Å². The SMILES string of the molecule is C=CCN1N=C(C(N)=S)C(C(N)=O)=Cc2ccccc21. The lowest BCUT2D eigenvalue weighted by atomic mass is 10.1. The molecule has 0 saturated heterocycles. The summed E-state index contributed by atoms with van der Waals surface area (Å²) in [5, 5.41) is 6.04. The van der Waals surface area contributed by atoms with E-state index < -0.39 is 5.91 Å². The number of carbonyl (C=O) groups excluding carboxylic acids is 1. The first-order valence-electron chi connectivity index (χ1n) is 5.92. The minimum Gasteiger partial charge on any atom is -0.388 e. The van der Waals surface area contributed by atoms with Gasteiger partial charge in [-0.15, -0.1) is 6.58 Å². The van der Waals surface area contributed by atoms with Crippen LogP contribution in [0.2, 0.25) is 0 Å². The Balaban J connectivity index is 2.69. The van der Waals surface area contributed by atoms with Gasteiger partial charge in [0.1, 0.15) is 10.7 Å². The van der Waals surface area contributed by atoms with Crippen LogP contribution in [0.4, 0.5) is 5.69 Å². The summed E-state index contributed by atoms with van der Waals surface area (Å²) >= 11 is 4.97. The van der Waals surface area contributed by atoms with E-state index in [-0.39, 0.29) is 16.3 Å². The van der Waals surface area contributed by atoms with Gasteiger partial charge in [0.05, 0.1) is 17.8 Å². The third kappa shape index (κ3) is 2.60. The number of nitrogens with zero attached hydrogens (tertiary/aromatic N) is 2. The van der Waals surface area contributed by atoms with E-state index in [4.69, 9.17) is 23.7 Å². The van der Waals surface area contributed by atoms with Crippen LogP contribution in [-0.2, 0) is 4.79 Å². The Morgan fingerprint density at radius 2 is 2.10 bits per heavy atom. The zero-order valence-electron chi connectivity index (χ0n) is 10.7. The van der Waals surface area contributed by atoms with Crippen molar-refractivity contribution in [1.29, 1.82) is 0 Å². The number of benzene rings is 1. The Morgan fingerprint density at radius 1 is 1.40 bits per heavy atom. The fourth-order valence-corrected chi connectivity index (χ4v) is 2.08. The predicted molar refractivity (Wildman–Crippen MR) is 85.4 cm³/mol. The minimum absolute atomic E-state index is 0.0249. The van der Waals surface area contributed by atoms with Crippen LogP contribution in [0.5, 0.6) is 0 Å². The normalized spacial score (nSPS) is 13.7. The van der Waals surface area contributed by atoms with Crippen molar-refractivity contribution in [3.05, 3.63) is 48.1 Å². The topological polar surface area (TPSA) is 84.7 Å². The van der Waals surface area contributed by atoms with E-state index in [0.29, 0.717) is 6.54 Å². The van der Waals surface area contributed by atoms with Gasteiger partial charge < -0.3 is 11.5 Å². The van der Waals surface area contributed by atoms with Gasteiger partial charge in [-0.25, -0.2) is 0 Å². The molecule has 0 spiro atoms. The fourth-order valence-electron chi connectivity index (χ4n) is 1.93. The minimum atomic E-state index is -0.619. The smallest absolute Gasteiger partial charge is 0.251 e. The number of rotatable bonds is 4. The van der Waals surface area contributed by atoms with E-state index in [1.807, 2.05) is 24.3 Å². The lowest BCUT2D eigenvalue weighted by Crippen LogP contribution is -2.32. The summed E-state index contributed by atoms with van der Waals surface area (Å²) in [7, 11) is 0. The van der Waals surface area contributed by atoms with Gasteiger partial charge in [-0.3, -0.25) is 9.80 Å². The van der Waals surface area contributed by atoms with Crippen LogP contribution in [0, 0.1) is 0 Å². The number of primary amides is 1. The van der Waals surface area contributed by atoms with Crippen molar-refractivity contribution in [2.75, 3.05) is 11.6 Å². The fraction of sp³-hybridized carbons (Fsp3) is 0.0714. The van der Waals surface area contributed by atoms with Crippen molar-refractivity contribution in [3.63, 3.8) is 0 Å². The Labute approximate surface area is 122 Å². The van der Waals surface area contributed by atoms with Crippen molar-refractivity contribution in [2.45, 2.75) is 0 Å². The Morgan fingerprint density at radius 3 is 2.70 bits per heavy atom. The largest absolute Gasteiger partial charge is 0.388 e.